The fourth-order valence-corrected chi connectivity index (χ4v) is 4.46. The van der Waals surface area contributed by atoms with Crippen LogP contribution in [-0.2, 0) is 14.3 Å². The maximum absolute atomic E-state index is 13.2. The Bertz CT molecular complexity index is 1080. The van der Waals surface area contributed by atoms with E-state index in [1.165, 1.54) is 0 Å². The Kier molecular flexibility index (Phi) is 7.82. The average molecular weight is 527 g/mol. The second-order valence-electron chi connectivity index (χ2n) is 8.12. The monoisotopic (exact) mass is 526 g/mol. The van der Waals surface area contributed by atoms with Gasteiger partial charge in [0, 0.05) is 36.2 Å². The number of amides is 1. The van der Waals surface area contributed by atoms with Gasteiger partial charge in [0.1, 0.15) is 18.1 Å². The average Bonchev–Trinajstić information content (AvgIpc) is 3.12. The molecule has 1 N–H and O–H groups in total. The SMILES string of the molecule is C=CCOc1ccc(/C(O)=C2\C(=O)C(=O)N(CCN3CCOCC3)C2c2ccc(Br)cc2)cc1. The highest BCUT2D eigenvalue weighted by atomic mass is 79.9. The van der Waals surface area contributed by atoms with Crippen molar-refractivity contribution in [1.29, 1.82) is 0 Å². The lowest BCUT2D eigenvalue weighted by atomic mass is 9.95. The number of benzene rings is 2. The van der Waals surface area contributed by atoms with Crippen LogP contribution in [0.2, 0.25) is 0 Å². The summed E-state index contributed by atoms with van der Waals surface area (Å²) in [5.74, 6) is -0.865. The molecule has 8 heteroatoms. The van der Waals surface area contributed by atoms with Gasteiger partial charge in [0.15, 0.2) is 0 Å². The largest absolute Gasteiger partial charge is 0.507 e. The number of hydrogen-bond acceptors (Lipinski definition) is 6. The van der Waals surface area contributed by atoms with Crippen molar-refractivity contribution >= 4 is 33.4 Å². The Morgan fingerprint density at radius 3 is 2.41 bits per heavy atom. The number of halogens is 1. The molecule has 4 rings (SSSR count). The van der Waals surface area contributed by atoms with Crippen molar-refractivity contribution in [3.63, 3.8) is 0 Å². The molecule has 1 atom stereocenters. The van der Waals surface area contributed by atoms with Gasteiger partial charge in [-0.2, -0.15) is 0 Å². The van der Waals surface area contributed by atoms with E-state index in [2.05, 4.69) is 27.4 Å². The van der Waals surface area contributed by atoms with Gasteiger partial charge in [0.05, 0.1) is 24.8 Å². The molecule has 0 bridgehead atoms. The zero-order chi connectivity index (χ0) is 24.1. The van der Waals surface area contributed by atoms with E-state index in [9.17, 15) is 14.7 Å². The van der Waals surface area contributed by atoms with E-state index in [4.69, 9.17) is 9.47 Å². The van der Waals surface area contributed by atoms with Crippen LogP contribution in [-0.4, -0.2) is 72.6 Å². The molecule has 0 aromatic heterocycles. The number of aliphatic hydroxyl groups is 1. The standard InChI is InChI=1S/C26H27BrN2O5/c1-2-15-34-21-9-5-19(6-10-21)24(30)22-23(18-3-7-20(27)8-4-18)29(26(32)25(22)31)12-11-28-13-16-33-17-14-28/h2-10,23,30H,1,11-17H2/b24-22+. The van der Waals surface area contributed by atoms with Crippen molar-refractivity contribution in [2.75, 3.05) is 46.0 Å². The minimum absolute atomic E-state index is 0.0917. The first-order valence-electron chi connectivity index (χ1n) is 11.2. The van der Waals surface area contributed by atoms with Crippen molar-refractivity contribution in [2.24, 2.45) is 0 Å². The summed E-state index contributed by atoms with van der Waals surface area (Å²) in [6.07, 6.45) is 1.64. The first-order valence-corrected chi connectivity index (χ1v) is 12.0. The van der Waals surface area contributed by atoms with Gasteiger partial charge in [0.25, 0.3) is 11.7 Å². The summed E-state index contributed by atoms with van der Waals surface area (Å²) in [7, 11) is 0. The summed E-state index contributed by atoms with van der Waals surface area (Å²) in [5, 5.41) is 11.2. The minimum Gasteiger partial charge on any atom is -0.507 e. The number of aliphatic hydroxyl groups excluding tert-OH is 1. The molecule has 2 heterocycles. The summed E-state index contributed by atoms with van der Waals surface area (Å²) in [4.78, 5) is 30.0. The van der Waals surface area contributed by atoms with Crippen LogP contribution in [0.1, 0.15) is 17.2 Å². The quantitative estimate of drug-likeness (QED) is 0.244. The molecule has 0 saturated carbocycles. The highest BCUT2D eigenvalue weighted by Crippen LogP contribution is 2.39. The van der Waals surface area contributed by atoms with Crippen LogP contribution in [0.5, 0.6) is 5.75 Å². The number of carbonyl (C=O) groups is 2. The van der Waals surface area contributed by atoms with Crippen LogP contribution < -0.4 is 4.74 Å². The minimum atomic E-state index is -0.681. The first kappa shape index (κ1) is 24.2. The number of ketones is 1. The van der Waals surface area contributed by atoms with E-state index in [0.717, 1.165) is 23.1 Å². The Morgan fingerprint density at radius 1 is 1.09 bits per heavy atom. The lowest BCUT2D eigenvalue weighted by molar-refractivity contribution is -0.140. The van der Waals surface area contributed by atoms with Crippen LogP contribution in [0.25, 0.3) is 5.76 Å². The number of hydrogen-bond donors (Lipinski definition) is 1. The van der Waals surface area contributed by atoms with Gasteiger partial charge in [-0.05, 0) is 42.0 Å². The molecule has 1 unspecified atom stereocenters. The number of ether oxygens (including phenoxy) is 2. The molecule has 7 nitrogen and oxygen atoms in total. The second-order valence-corrected chi connectivity index (χ2v) is 9.04. The molecule has 2 saturated heterocycles. The highest BCUT2D eigenvalue weighted by Gasteiger charge is 2.46. The zero-order valence-corrected chi connectivity index (χ0v) is 20.4. The summed E-state index contributed by atoms with van der Waals surface area (Å²) < 4.78 is 11.8. The fourth-order valence-electron chi connectivity index (χ4n) is 4.20. The van der Waals surface area contributed by atoms with Crippen molar-refractivity contribution < 1.29 is 24.2 Å². The Labute approximate surface area is 207 Å². The second kappa shape index (κ2) is 11.0. The predicted molar refractivity (Wildman–Crippen MR) is 133 cm³/mol. The fraction of sp³-hybridized carbons (Fsp3) is 0.308. The van der Waals surface area contributed by atoms with E-state index in [-0.39, 0.29) is 11.3 Å². The lowest BCUT2D eigenvalue weighted by Crippen LogP contribution is -2.42. The van der Waals surface area contributed by atoms with E-state index in [0.29, 0.717) is 44.2 Å². The lowest BCUT2D eigenvalue weighted by Gasteiger charge is -2.31. The number of rotatable bonds is 8. The van der Waals surface area contributed by atoms with Gasteiger partial charge in [-0.1, -0.05) is 40.7 Å². The maximum Gasteiger partial charge on any atom is 0.295 e. The van der Waals surface area contributed by atoms with Gasteiger partial charge in [-0.3, -0.25) is 14.5 Å². The maximum atomic E-state index is 13.2. The molecule has 2 fully saturated rings. The predicted octanol–water partition coefficient (Wildman–Crippen LogP) is 3.77. The highest BCUT2D eigenvalue weighted by molar-refractivity contribution is 9.10. The summed E-state index contributed by atoms with van der Waals surface area (Å²) in [6, 6.07) is 13.5. The van der Waals surface area contributed by atoms with E-state index in [1.54, 1.807) is 35.2 Å². The number of nitrogens with zero attached hydrogens (tertiary/aromatic N) is 2. The summed E-state index contributed by atoms with van der Waals surface area (Å²) in [5.41, 5.74) is 1.30. The van der Waals surface area contributed by atoms with Gasteiger partial charge in [-0.25, -0.2) is 0 Å². The molecule has 0 spiro atoms. The molecule has 2 aromatic carbocycles. The van der Waals surface area contributed by atoms with Gasteiger partial charge < -0.3 is 19.5 Å². The zero-order valence-electron chi connectivity index (χ0n) is 18.8. The topological polar surface area (TPSA) is 79.3 Å². The molecular weight excluding hydrogens is 500 g/mol. The molecule has 34 heavy (non-hydrogen) atoms. The molecule has 2 aliphatic rings. The van der Waals surface area contributed by atoms with Crippen LogP contribution in [0.3, 0.4) is 0 Å². The Morgan fingerprint density at radius 2 is 1.76 bits per heavy atom. The smallest absolute Gasteiger partial charge is 0.295 e. The first-order chi connectivity index (χ1) is 16.5. The van der Waals surface area contributed by atoms with Crippen LogP contribution in [0, 0.1) is 0 Å². The molecule has 0 aliphatic carbocycles. The molecule has 1 amide bonds. The van der Waals surface area contributed by atoms with E-state index >= 15 is 0 Å². The third kappa shape index (κ3) is 5.24. The van der Waals surface area contributed by atoms with Crippen molar-refractivity contribution in [3.8, 4) is 5.75 Å². The number of morpholine rings is 1. The molecule has 2 aliphatic heterocycles. The molecule has 2 aromatic rings. The van der Waals surface area contributed by atoms with Crippen LogP contribution in [0.15, 0.2) is 71.2 Å². The van der Waals surface area contributed by atoms with Crippen molar-refractivity contribution in [1.82, 2.24) is 9.80 Å². The third-order valence-electron chi connectivity index (χ3n) is 5.98. The van der Waals surface area contributed by atoms with Crippen molar-refractivity contribution in [2.45, 2.75) is 6.04 Å². The number of Topliss-reactive ketones (excluding diaryl/α,β-unsaturated/α-hetero) is 1. The molecule has 0 radical (unpaired) electrons. The van der Waals surface area contributed by atoms with Gasteiger partial charge in [0.2, 0.25) is 0 Å². The van der Waals surface area contributed by atoms with Gasteiger partial charge >= 0.3 is 0 Å². The Hall–Kier alpha value is -2.94. The van der Waals surface area contributed by atoms with E-state index in [1.807, 2.05) is 24.3 Å². The number of carbonyl (C=O) groups excluding carboxylic acids is 2. The van der Waals surface area contributed by atoms with Gasteiger partial charge in [-0.15, -0.1) is 0 Å². The van der Waals surface area contributed by atoms with Crippen LogP contribution >= 0.6 is 15.9 Å². The van der Waals surface area contributed by atoms with E-state index < -0.39 is 17.7 Å². The van der Waals surface area contributed by atoms with Crippen molar-refractivity contribution in [3.05, 3.63) is 82.4 Å². The molecular formula is C26H27BrN2O5. The van der Waals surface area contributed by atoms with Crippen LogP contribution in [0.4, 0.5) is 0 Å². The summed E-state index contributed by atoms with van der Waals surface area (Å²) >= 11 is 3.44. The number of likely N-dealkylation sites (tertiary alicyclic amines) is 1. The normalized spacial score (nSPS) is 20.5. The Balaban J connectivity index is 1.68. The molecule has 178 valence electrons. The third-order valence-corrected chi connectivity index (χ3v) is 6.51. The summed E-state index contributed by atoms with van der Waals surface area (Å²) in [6.45, 7) is 7.86.